The number of hydrogen-bond donors (Lipinski definition) is 1. The highest BCUT2D eigenvalue weighted by atomic mass is 16.5. The molecule has 0 radical (unpaired) electrons. The molecule has 4 nitrogen and oxygen atoms in total. The molecule has 0 aliphatic carbocycles. The van der Waals surface area contributed by atoms with Crippen molar-refractivity contribution < 1.29 is 4.74 Å². The van der Waals surface area contributed by atoms with E-state index in [1.807, 2.05) is 0 Å². The van der Waals surface area contributed by atoms with Gasteiger partial charge in [0.1, 0.15) is 5.82 Å². The molecule has 1 heterocycles. The Morgan fingerprint density at radius 2 is 2.25 bits per heavy atom. The zero-order valence-electron chi connectivity index (χ0n) is 10.1. The zero-order chi connectivity index (χ0) is 11.8. The molecule has 0 aliphatic rings. The fraction of sp³-hybridized carbons (Fsp3) is 0.667. The molecule has 2 N–H and O–H groups in total. The summed E-state index contributed by atoms with van der Waals surface area (Å²) in [5.41, 5.74) is 5.55. The number of ether oxygens (including phenoxy) is 1. The van der Waals surface area contributed by atoms with E-state index in [9.17, 15) is 0 Å². The first kappa shape index (κ1) is 12.7. The van der Waals surface area contributed by atoms with Crippen LogP contribution >= 0.6 is 0 Å². The average molecular weight is 223 g/mol. The summed E-state index contributed by atoms with van der Waals surface area (Å²) >= 11 is 0. The van der Waals surface area contributed by atoms with Crippen LogP contribution in [0.3, 0.4) is 0 Å². The van der Waals surface area contributed by atoms with Gasteiger partial charge in [0.15, 0.2) is 0 Å². The van der Waals surface area contributed by atoms with Crippen molar-refractivity contribution in [1.29, 1.82) is 0 Å². The molecule has 4 heteroatoms. The number of aromatic nitrogens is 2. The van der Waals surface area contributed by atoms with Crippen LogP contribution in [0.25, 0.3) is 0 Å². The monoisotopic (exact) mass is 223 g/mol. The summed E-state index contributed by atoms with van der Waals surface area (Å²) in [5, 5.41) is 0. The predicted octanol–water partition coefficient (Wildman–Crippen LogP) is 2.65. The molecule has 1 aromatic rings. The van der Waals surface area contributed by atoms with Gasteiger partial charge in [-0.25, -0.2) is 4.98 Å². The number of unbranched alkanes of at least 4 members (excludes halogenated alkanes) is 1. The minimum atomic E-state index is 0.384. The molecule has 0 fully saturated rings. The van der Waals surface area contributed by atoms with E-state index in [2.05, 4.69) is 23.8 Å². The van der Waals surface area contributed by atoms with Crippen molar-refractivity contribution in [3.8, 4) is 6.01 Å². The summed E-state index contributed by atoms with van der Waals surface area (Å²) in [5.74, 6) is 1.04. The van der Waals surface area contributed by atoms with E-state index < -0.39 is 0 Å². The van der Waals surface area contributed by atoms with Gasteiger partial charge >= 0.3 is 6.01 Å². The molecule has 0 aliphatic heterocycles. The first-order valence-corrected chi connectivity index (χ1v) is 5.97. The summed E-state index contributed by atoms with van der Waals surface area (Å²) in [7, 11) is 0. The number of nitrogen functional groups attached to an aromatic ring is 1. The average Bonchev–Trinajstić information content (AvgIpc) is 2.29. The molecule has 0 saturated heterocycles. The van der Waals surface area contributed by atoms with Gasteiger partial charge in [-0.2, -0.15) is 4.98 Å². The molecule has 1 unspecified atom stereocenters. The van der Waals surface area contributed by atoms with Gasteiger partial charge in [-0.05, 0) is 18.4 Å². The van der Waals surface area contributed by atoms with Crippen molar-refractivity contribution >= 4 is 5.82 Å². The maximum absolute atomic E-state index is 5.55. The summed E-state index contributed by atoms with van der Waals surface area (Å²) in [6, 6.07) is 2.04. The molecule has 16 heavy (non-hydrogen) atoms. The molecular weight excluding hydrogens is 202 g/mol. The molecule has 1 rings (SSSR count). The number of nitrogens with two attached hydrogens (primary N) is 1. The number of nitrogens with zero attached hydrogens (tertiary/aromatic N) is 2. The number of hydrogen-bond acceptors (Lipinski definition) is 4. The van der Waals surface area contributed by atoms with Crippen molar-refractivity contribution in [2.75, 3.05) is 12.3 Å². The SMILES string of the molecule is CCCCC(CC)COc1nccc(N)n1. The Kier molecular flexibility index (Phi) is 5.61. The first-order chi connectivity index (χ1) is 7.76. The van der Waals surface area contributed by atoms with Crippen molar-refractivity contribution in [2.24, 2.45) is 5.92 Å². The van der Waals surface area contributed by atoms with E-state index in [1.165, 1.54) is 19.3 Å². The van der Waals surface area contributed by atoms with Crippen molar-refractivity contribution in [2.45, 2.75) is 39.5 Å². The Hall–Kier alpha value is -1.32. The summed E-state index contributed by atoms with van der Waals surface area (Å²) in [4.78, 5) is 8.02. The van der Waals surface area contributed by atoms with Crippen molar-refractivity contribution in [3.05, 3.63) is 12.3 Å². The lowest BCUT2D eigenvalue weighted by Gasteiger charge is -2.14. The highest BCUT2D eigenvalue weighted by Gasteiger charge is 2.07. The van der Waals surface area contributed by atoms with Gasteiger partial charge in [0.2, 0.25) is 0 Å². The molecule has 1 atom stereocenters. The molecule has 0 saturated carbocycles. The van der Waals surface area contributed by atoms with E-state index in [1.54, 1.807) is 12.3 Å². The van der Waals surface area contributed by atoms with Crippen LogP contribution in [-0.2, 0) is 0 Å². The third-order valence-electron chi connectivity index (χ3n) is 2.65. The second kappa shape index (κ2) is 7.04. The van der Waals surface area contributed by atoms with Gasteiger partial charge in [-0.3, -0.25) is 0 Å². The van der Waals surface area contributed by atoms with Gasteiger partial charge in [-0.15, -0.1) is 0 Å². The first-order valence-electron chi connectivity index (χ1n) is 5.97. The Balaban J connectivity index is 2.37. The van der Waals surface area contributed by atoms with E-state index in [4.69, 9.17) is 10.5 Å². The van der Waals surface area contributed by atoms with Crippen LogP contribution in [0.15, 0.2) is 12.3 Å². The Bertz CT molecular complexity index is 304. The fourth-order valence-electron chi connectivity index (χ4n) is 1.51. The summed E-state index contributed by atoms with van der Waals surface area (Å²) in [6.45, 7) is 5.07. The van der Waals surface area contributed by atoms with Crippen LogP contribution < -0.4 is 10.5 Å². The normalized spacial score (nSPS) is 12.4. The number of rotatable bonds is 7. The molecule has 0 amide bonds. The molecule has 0 aromatic carbocycles. The fourth-order valence-corrected chi connectivity index (χ4v) is 1.51. The Labute approximate surface area is 97.2 Å². The quantitative estimate of drug-likeness (QED) is 0.772. The second-order valence-corrected chi connectivity index (χ2v) is 3.99. The topological polar surface area (TPSA) is 61.0 Å². The standard InChI is InChI=1S/C12H21N3O/c1-3-5-6-10(4-2)9-16-12-14-8-7-11(13)15-12/h7-8,10H,3-6,9H2,1-2H3,(H2,13,14,15). The van der Waals surface area contributed by atoms with Crippen LogP contribution in [-0.4, -0.2) is 16.6 Å². The highest BCUT2D eigenvalue weighted by molar-refractivity contribution is 5.26. The Morgan fingerprint density at radius 1 is 1.44 bits per heavy atom. The Morgan fingerprint density at radius 3 is 2.88 bits per heavy atom. The van der Waals surface area contributed by atoms with Crippen LogP contribution in [0, 0.1) is 5.92 Å². The number of anilines is 1. The van der Waals surface area contributed by atoms with Crippen LogP contribution in [0.2, 0.25) is 0 Å². The smallest absolute Gasteiger partial charge is 0.318 e. The molecular formula is C12H21N3O. The van der Waals surface area contributed by atoms with Gasteiger partial charge in [0.05, 0.1) is 6.61 Å². The zero-order valence-corrected chi connectivity index (χ0v) is 10.1. The molecule has 1 aromatic heterocycles. The minimum Gasteiger partial charge on any atom is -0.463 e. The van der Waals surface area contributed by atoms with Gasteiger partial charge in [0.25, 0.3) is 0 Å². The van der Waals surface area contributed by atoms with Gasteiger partial charge in [-0.1, -0.05) is 33.1 Å². The molecule has 90 valence electrons. The van der Waals surface area contributed by atoms with Gasteiger partial charge in [0, 0.05) is 6.20 Å². The van der Waals surface area contributed by atoms with Crippen molar-refractivity contribution in [3.63, 3.8) is 0 Å². The third-order valence-corrected chi connectivity index (χ3v) is 2.65. The largest absolute Gasteiger partial charge is 0.463 e. The molecule has 0 bridgehead atoms. The van der Waals surface area contributed by atoms with E-state index >= 15 is 0 Å². The summed E-state index contributed by atoms with van der Waals surface area (Å²) in [6.07, 6.45) is 6.42. The lowest BCUT2D eigenvalue weighted by atomic mass is 10.0. The van der Waals surface area contributed by atoms with Crippen LogP contribution in [0.1, 0.15) is 39.5 Å². The predicted molar refractivity (Wildman–Crippen MR) is 65.2 cm³/mol. The van der Waals surface area contributed by atoms with Crippen LogP contribution in [0.5, 0.6) is 6.01 Å². The van der Waals surface area contributed by atoms with Crippen molar-refractivity contribution in [1.82, 2.24) is 9.97 Å². The van der Waals surface area contributed by atoms with E-state index in [0.29, 0.717) is 24.4 Å². The maximum atomic E-state index is 5.55. The second-order valence-electron chi connectivity index (χ2n) is 3.99. The highest BCUT2D eigenvalue weighted by Crippen LogP contribution is 2.14. The lowest BCUT2D eigenvalue weighted by Crippen LogP contribution is -2.12. The van der Waals surface area contributed by atoms with E-state index in [-0.39, 0.29) is 0 Å². The van der Waals surface area contributed by atoms with Crippen LogP contribution in [0.4, 0.5) is 5.82 Å². The maximum Gasteiger partial charge on any atom is 0.318 e. The summed E-state index contributed by atoms with van der Waals surface area (Å²) < 4.78 is 5.53. The third kappa shape index (κ3) is 4.47. The molecule has 0 spiro atoms. The minimum absolute atomic E-state index is 0.384. The van der Waals surface area contributed by atoms with Gasteiger partial charge < -0.3 is 10.5 Å². The van der Waals surface area contributed by atoms with E-state index in [0.717, 1.165) is 6.42 Å². The lowest BCUT2D eigenvalue weighted by molar-refractivity contribution is 0.218.